The van der Waals surface area contributed by atoms with Gasteiger partial charge in [-0.15, -0.1) is 0 Å². The van der Waals surface area contributed by atoms with Crippen LogP contribution in [0.5, 0.6) is 11.5 Å². The number of aliphatic hydroxyl groups is 1. The Labute approximate surface area is 174 Å². The number of ketones is 1. The molecule has 1 atom stereocenters. The van der Waals surface area contributed by atoms with Crippen molar-refractivity contribution in [2.24, 2.45) is 5.92 Å². The van der Waals surface area contributed by atoms with Gasteiger partial charge in [0.15, 0.2) is 11.5 Å². The quantitative estimate of drug-likeness (QED) is 0.721. The van der Waals surface area contributed by atoms with Gasteiger partial charge in [-0.3, -0.25) is 14.5 Å². The zero-order chi connectivity index (χ0) is 21.3. The molecule has 0 spiro atoms. The highest BCUT2D eigenvalue weighted by Crippen LogP contribution is 2.43. The van der Waals surface area contributed by atoms with Crippen LogP contribution in [0.15, 0.2) is 53.8 Å². The Kier molecular flexibility index (Phi) is 5.84. The fraction of sp³-hybridized carbons (Fsp3) is 0.273. The van der Waals surface area contributed by atoms with Crippen molar-refractivity contribution in [1.82, 2.24) is 0 Å². The van der Waals surface area contributed by atoms with E-state index in [1.54, 1.807) is 30.3 Å². The number of anilines is 1. The molecule has 1 amide bonds. The van der Waals surface area contributed by atoms with E-state index in [-0.39, 0.29) is 29.4 Å². The maximum absolute atomic E-state index is 13.0. The molecule has 0 fully saturated rings. The van der Waals surface area contributed by atoms with E-state index in [1.807, 2.05) is 13.8 Å². The normalized spacial score (nSPS) is 16.7. The van der Waals surface area contributed by atoms with E-state index in [1.165, 1.54) is 24.1 Å². The molecule has 0 radical (unpaired) electrons. The summed E-state index contributed by atoms with van der Waals surface area (Å²) in [6.07, 6.45) is 0.193. The molecule has 2 aromatic rings. The number of rotatable bonds is 6. The van der Waals surface area contributed by atoms with Gasteiger partial charge in [0.2, 0.25) is 0 Å². The second-order valence-corrected chi connectivity index (χ2v) is 7.68. The number of aromatic hydroxyl groups is 1. The number of hydrogen-bond donors (Lipinski definition) is 2. The van der Waals surface area contributed by atoms with Gasteiger partial charge in [0.25, 0.3) is 5.91 Å². The van der Waals surface area contributed by atoms with Gasteiger partial charge in [-0.2, -0.15) is 0 Å². The predicted molar refractivity (Wildman–Crippen MR) is 110 cm³/mol. The minimum atomic E-state index is -0.834. The summed E-state index contributed by atoms with van der Waals surface area (Å²) in [5.74, 6) is -0.997. The SMILES string of the molecule is COc1ccc(N2C(=O)C(O)=C(C(=O)CC(C)C)C2c2ccc(O)cc2)cc1Cl. The fourth-order valence-electron chi connectivity index (χ4n) is 3.41. The minimum Gasteiger partial charge on any atom is -0.508 e. The van der Waals surface area contributed by atoms with E-state index in [0.29, 0.717) is 22.0 Å². The Morgan fingerprint density at radius 2 is 1.83 bits per heavy atom. The first-order chi connectivity index (χ1) is 13.7. The average molecular weight is 416 g/mol. The van der Waals surface area contributed by atoms with Crippen LogP contribution in [0.3, 0.4) is 0 Å². The molecule has 152 valence electrons. The highest BCUT2D eigenvalue weighted by Gasteiger charge is 2.44. The molecular weight excluding hydrogens is 394 g/mol. The molecule has 0 aliphatic carbocycles. The van der Waals surface area contributed by atoms with E-state index in [0.717, 1.165) is 0 Å². The summed E-state index contributed by atoms with van der Waals surface area (Å²) in [4.78, 5) is 27.2. The fourth-order valence-corrected chi connectivity index (χ4v) is 3.67. The number of aliphatic hydroxyl groups excluding tert-OH is 1. The third-order valence-corrected chi connectivity index (χ3v) is 5.02. The maximum Gasteiger partial charge on any atom is 0.294 e. The van der Waals surface area contributed by atoms with Crippen LogP contribution in [0.25, 0.3) is 0 Å². The monoisotopic (exact) mass is 415 g/mol. The van der Waals surface area contributed by atoms with Crippen LogP contribution in [-0.4, -0.2) is 29.0 Å². The summed E-state index contributed by atoms with van der Waals surface area (Å²) in [7, 11) is 1.48. The first kappa shape index (κ1) is 20.7. The van der Waals surface area contributed by atoms with Gasteiger partial charge in [0.05, 0.1) is 23.7 Å². The number of phenolic OH excluding ortho intramolecular Hbond substituents is 1. The largest absolute Gasteiger partial charge is 0.508 e. The predicted octanol–water partition coefficient (Wildman–Crippen LogP) is 4.57. The second-order valence-electron chi connectivity index (χ2n) is 7.27. The molecule has 1 unspecified atom stereocenters. The standard InChI is InChI=1S/C22H22ClNO5/c1-12(2)10-17(26)19-20(13-4-7-15(25)8-5-13)24(22(28)21(19)27)14-6-9-18(29-3)16(23)11-14/h4-9,11-12,20,25,27H,10H2,1-3H3. The van der Waals surface area contributed by atoms with Crippen molar-refractivity contribution in [3.05, 3.63) is 64.4 Å². The summed E-state index contributed by atoms with van der Waals surface area (Å²) < 4.78 is 5.16. The molecule has 7 heteroatoms. The Bertz CT molecular complexity index is 981. The molecule has 1 heterocycles. The molecule has 0 bridgehead atoms. The topological polar surface area (TPSA) is 87.1 Å². The number of carbonyl (C=O) groups excluding carboxylic acids is 2. The lowest BCUT2D eigenvalue weighted by Crippen LogP contribution is -2.31. The van der Waals surface area contributed by atoms with Gasteiger partial charge < -0.3 is 14.9 Å². The van der Waals surface area contributed by atoms with Crippen molar-refractivity contribution in [2.75, 3.05) is 12.0 Å². The molecule has 3 rings (SSSR count). The number of nitrogens with zero attached hydrogens (tertiary/aromatic N) is 1. The summed E-state index contributed by atoms with van der Waals surface area (Å²) in [6.45, 7) is 3.78. The van der Waals surface area contributed by atoms with Gasteiger partial charge in [-0.05, 0) is 41.8 Å². The Morgan fingerprint density at radius 1 is 1.17 bits per heavy atom. The number of hydrogen-bond acceptors (Lipinski definition) is 5. The zero-order valence-electron chi connectivity index (χ0n) is 16.3. The van der Waals surface area contributed by atoms with E-state index >= 15 is 0 Å². The van der Waals surface area contributed by atoms with Crippen molar-refractivity contribution >= 4 is 29.0 Å². The number of halogens is 1. The summed E-state index contributed by atoms with van der Waals surface area (Å²) in [6, 6.07) is 10.1. The molecule has 29 heavy (non-hydrogen) atoms. The van der Waals surface area contributed by atoms with Crippen LogP contribution in [0.4, 0.5) is 5.69 Å². The van der Waals surface area contributed by atoms with Crippen molar-refractivity contribution in [3.63, 3.8) is 0 Å². The van der Waals surface area contributed by atoms with Crippen LogP contribution >= 0.6 is 11.6 Å². The lowest BCUT2D eigenvalue weighted by molar-refractivity contribution is -0.118. The number of amides is 1. The van der Waals surface area contributed by atoms with Gasteiger partial charge in [0, 0.05) is 12.1 Å². The van der Waals surface area contributed by atoms with Crippen LogP contribution < -0.4 is 9.64 Å². The summed E-state index contributed by atoms with van der Waals surface area (Å²) in [5, 5.41) is 20.5. The summed E-state index contributed by atoms with van der Waals surface area (Å²) >= 11 is 6.24. The average Bonchev–Trinajstić information content (AvgIpc) is 2.93. The maximum atomic E-state index is 13.0. The third-order valence-electron chi connectivity index (χ3n) is 4.72. The second kappa shape index (κ2) is 8.17. The van der Waals surface area contributed by atoms with E-state index < -0.39 is 17.7 Å². The van der Waals surface area contributed by atoms with Crippen LogP contribution in [0.2, 0.25) is 5.02 Å². The summed E-state index contributed by atoms with van der Waals surface area (Å²) in [5.41, 5.74) is 1.04. The molecule has 2 N–H and O–H groups in total. The van der Waals surface area contributed by atoms with Gasteiger partial charge in [-0.25, -0.2) is 0 Å². The number of Topliss-reactive ketones (excluding diaryl/α,β-unsaturated/α-hetero) is 1. The smallest absolute Gasteiger partial charge is 0.294 e. The Balaban J connectivity index is 2.14. The van der Waals surface area contributed by atoms with Crippen LogP contribution in [-0.2, 0) is 9.59 Å². The Morgan fingerprint density at radius 3 is 2.38 bits per heavy atom. The number of ether oxygens (including phenoxy) is 1. The van der Waals surface area contributed by atoms with Crippen molar-refractivity contribution in [1.29, 1.82) is 0 Å². The van der Waals surface area contributed by atoms with Gasteiger partial charge in [-0.1, -0.05) is 37.6 Å². The van der Waals surface area contributed by atoms with Gasteiger partial charge in [0.1, 0.15) is 11.5 Å². The zero-order valence-corrected chi connectivity index (χ0v) is 17.1. The molecule has 0 saturated carbocycles. The lowest BCUT2D eigenvalue weighted by atomic mass is 9.92. The minimum absolute atomic E-state index is 0.0429. The van der Waals surface area contributed by atoms with Crippen LogP contribution in [0, 0.1) is 5.92 Å². The number of phenols is 1. The van der Waals surface area contributed by atoms with E-state index in [4.69, 9.17) is 16.3 Å². The van der Waals surface area contributed by atoms with E-state index in [2.05, 4.69) is 0 Å². The van der Waals surface area contributed by atoms with Gasteiger partial charge >= 0.3 is 0 Å². The van der Waals surface area contributed by atoms with Crippen molar-refractivity contribution in [2.45, 2.75) is 26.3 Å². The van der Waals surface area contributed by atoms with E-state index in [9.17, 15) is 19.8 Å². The molecule has 1 aliphatic heterocycles. The first-order valence-corrected chi connectivity index (χ1v) is 9.54. The molecule has 1 aliphatic rings. The third kappa shape index (κ3) is 3.93. The molecule has 0 saturated heterocycles. The number of methoxy groups -OCH3 is 1. The number of benzene rings is 2. The lowest BCUT2D eigenvalue weighted by Gasteiger charge is -2.27. The molecule has 0 aromatic heterocycles. The Hall–Kier alpha value is -2.99. The molecule has 6 nitrogen and oxygen atoms in total. The highest BCUT2D eigenvalue weighted by atomic mass is 35.5. The first-order valence-electron chi connectivity index (χ1n) is 9.17. The van der Waals surface area contributed by atoms with Crippen LogP contribution in [0.1, 0.15) is 31.9 Å². The molecular formula is C22H22ClNO5. The highest BCUT2D eigenvalue weighted by molar-refractivity contribution is 6.32. The molecule has 2 aromatic carbocycles. The van der Waals surface area contributed by atoms with Crippen molar-refractivity contribution < 1.29 is 24.5 Å². The number of carbonyl (C=O) groups is 2. The van der Waals surface area contributed by atoms with Crippen molar-refractivity contribution in [3.8, 4) is 11.5 Å².